The minimum Gasteiger partial charge on any atom is -0.320 e. The van der Waals surface area contributed by atoms with Gasteiger partial charge < -0.3 is 4.57 Å². The van der Waals surface area contributed by atoms with Crippen LogP contribution in [-0.4, -0.2) is 31.7 Å². The molecule has 0 saturated carbocycles. The van der Waals surface area contributed by atoms with Gasteiger partial charge in [0.1, 0.15) is 5.65 Å². The molecule has 6 nitrogen and oxygen atoms in total. The first-order valence-electron chi connectivity index (χ1n) is 7.07. The molecule has 0 spiro atoms. The van der Waals surface area contributed by atoms with Gasteiger partial charge in [-0.2, -0.15) is 0 Å². The maximum Gasteiger partial charge on any atom is 0.332 e. The summed E-state index contributed by atoms with van der Waals surface area (Å²) in [6.07, 6.45) is 5.64. The molecule has 0 N–H and O–H groups in total. The summed E-state index contributed by atoms with van der Waals surface area (Å²) in [5.41, 5.74) is 0.213. The fraction of sp³-hybridized carbons (Fsp3) is 0.571. The zero-order valence-electron chi connectivity index (χ0n) is 12.0. The third kappa shape index (κ3) is 2.00. The van der Waals surface area contributed by atoms with Gasteiger partial charge in [-0.15, -0.1) is 0 Å². The lowest BCUT2D eigenvalue weighted by atomic mass is 10.1. The van der Waals surface area contributed by atoms with Crippen LogP contribution in [0.3, 0.4) is 0 Å². The topological polar surface area (TPSA) is 52.2 Å². The molecular weight excluding hydrogens is 256 g/mol. The van der Waals surface area contributed by atoms with Gasteiger partial charge in [0.25, 0.3) is 5.56 Å². The molecule has 0 atom stereocenters. The van der Waals surface area contributed by atoms with E-state index in [0.29, 0.717) is 11.0 Å². The Bertz CT molecular complexity index is 747. The van der Waals surface area contributed by atoms with Crippen LogP contribution in [-0.2, 0) is 20.8 Å². The smallest absolute Gasteiger partial charge is 0.320 e. The van der Waals surface area contributed by atoms with E-state index in [2.05, 4.69) is 4.90 Å². The highest BCUT2D eigenvalue weighted by molar-refractivity contribution is 5.75. The van der Waals surface area contributed by atoms with Gasteiger partial charge in [0.2, 0.25) is 0 Å². The van der Waals surface area contributed by atoms with Crippen LogP contribution in [0.4, 0.5) is 0 Å². The number of piperidine rings is 1. The van der Waals surface area contributed by atoms with Crippen molar-refractivity contribution in [2.75, 3.05) is 13.1 Å². The van der Waals surface area contributed by atoms with E-state index in [4.69, 9.17) is 0 Å². The third-order valence-electron chi connectivity index (χ3n) is 4.16. The van der Waals surface area contributed by atoms with E-state index >= 15 is 0 Å². The van der Waals surface area contributed by atoms with Gasteiger partial charge in [-0.25, -0.2) is 4.79 Å². The molecule has 1 aliphatic rings. The quantitative estimate of drug-likeness (QED) is 0.802. The van der Waals surface area contributed by atoms with E-state index in [1.165, 1.54) is 26.3 Å². The van der Waals surface area contributed by atoms with Gasteiger partial charge in [-0.3, -0.25) is 18.8 Å². The summed E-state index contributed by atoms with van der Waals surface area (Å²) in [4.78, 5) is 26.5. The van der Waals surface area contributed by atoms with E-state index in [9.17, 15) is 9.59 Å². The summed E-state index contributed by atoms with van der Waals surface area (Å²) < 4.78 is 4.72. The zero-order valence-corrected chi connectivity index (χ0v) is 12.0. The molecule has 0 unspecified atom stereocenters. The summed E-state index contributed by atoms with van der Waals surface area (Å²) >= 11 is 0. The second-order valence-electron chi connectivity index (χ2n) is 5.55. The Hall–Kier alpha value is -1.82. The van der Waals surface area contributed by atoms with Crippen LogP contribution in [0.1, 0.15) is 19.3 Å². The molecule has 1 aliphatic heterocycles. The number of hydrogen-bond donors (Lipinski definition) is 0. The van der Waals surface area contributed by atoms with Crippen molar-refractivity contribution in [1.82, 2.24) is 18.6 Å². The molecule has 0 amide bonds. The second-order valence-corrected chi connectivity index (χ2v) is 5.55. The molecule has 0 aliphatic carbocycles. The second kappa shape index (κ2) is 4.94. The van der Waals surface area contributed by atoms with Crippen molar-refractivity contribution in [3.05, 3.63) is 33.1 Å². The first-order chi connectivity index (χ1) is 9.59. The van der Waals surface area contributed by atoms with Crippen molar-refractivity contribution in [2.24, 2.45) is 14.1 Å². The molecule has 6 heteroatoms. The first-order valence-corrected chi connectivity index (χ1v) is 7.07. The molecule has 108 valence electrons. The Morgan fingerprint density at radius 1 is 1.05 bits per heavy atom. The maximum atomic E-state index is 12.1. The molecule has 20 heavy (non-hydrogen) atoms. The summed E-state index contributed by atoms with van der Waals surface area (Å²) in [5, 5.41) is 0.603. The van der Waals surface area contributed by atoms with Crippen LogP contribution < -0.4 is 11.2 Å². The average molecular weight is 276 g/mol. The molecule has 1 fully saturated rings. The highest BCUT2D eigenvalue weighted by Crippen LogP contribution is 2.14. The standard InChI is InChI=1S/C14H20N4O2/c1-15-12-11(13(19)16(2)14(15)20)6-9-18(12)10-17-7-4-3-5-8-17/h6,9H,3-5,7-8,10H2,1-2H3. The fourth-order valence-electron chi connectivity index (χ4n) is 3.02. The monoisotopic (exact) mass is 276 g/mol. The predicted octanol–water partition coefficient (Wildman–Crippen LogP) is 0.482. The number of hydrogen-bond acceptors (Lipinski definition) is 3. The zero-order chi connectivity index (χ0) is 14.3. The number of fused-ring (bicyclic) bond motifs is 1. The lowest BCUT2D eigenvalue weighted by Crippen LogP contribution is -2.38. The minimum atomic E-state index is -0.277. The number of rotatable bonds is 2. The molecule has 2 aromatic heterocycles. The third-order valence-corrected chi connectivity index (χ3v) is 4.16. The molecule has 3 rings (SSSR count). The van der Waals surface area contributed by atoms with Gasteiger partial charge in [0.05, 0.1) is 12.1 Å². The average Bonchev–Trinajstić information content (AvgIpc) is 2.88. The van der Waals surface area contributed by atoms with Crippen molar-refractivity contribution in [2.45, 2.75) is 25.9 Å². The van der Waals surface area contributed by atoms with Crippen LogP contribution in [0.2, 0.25) is 0 Å². The van der Waals surface area contributed by atoms with Gasteiger partial charge in [-0.05, 0) is 32.0 Å². The maximum absolute atomic E-state index is 12.1. The Morgan fingerprint density at radius 2 is 1.75 bits per heavy atom. The van der Waals surface area contributed by atoms with Gasteiger partial charge >= 0.3 is 5.69 Å². The normalized spacial score (nSPS) is 16.9. The SMILES string of the molecule is Cn1c(=O)c2ccn(CN3CCCCC3)c2n(C)c1=O. The van der Waals surface area contributed by atoms with E-state index < -0.39 is 0 Å². The van der Waals surface area contributed by atoms with Crippen LogP contribution in [0.25, 0.3) is 11.0 Å². The van der Waals surface area contributed by atoms with E-state index in [-0.39, 0.29) is 11.2 Å². The van der Waals surface area contributed by atoms with Gasteiger partial charge in [0, 0.05) is 20.3 Å². The lowest BCUT2D eigenvalue weighted by Gasteiger charge is -2.27. The molecule has 0 aromatic carbocycles. The van der Waals surface area contributed by atoms with Gasteiger partial charge in [0.15, 0.2) is 0 Å². The summed E-state index contributed by atoms with van der Waals surface area (Å²) in [6, 6.07) is 1.81. The molecule has 0 bridgehead atoms. The minimum absolute atomic E-state index is 0.222. The number of nitrogens with zero attached hydrogens (tertiary/aromatic N) is 4. The Morgan fingerprint density at radius 3 is 2.45 bits per heavy atom. The fourth-order valence-corrected chi connectivity index (χ4v) is 3.02. The predicted molar refractivity (Wildman–Crippen MR) is 77.8 cm³/mol. The Labute approximate surface area is 116 Å². The van der Waals surface area contributed by atoms with Gasteiger partial charge in [-0.1, -0.05) is 6.42 Å². The molecule has 3 heterocycles. The first kappa shape index (κ1) is 13.2. The highest BCUT2D eigenvalue weighted by atomic mass is 16.2. The van der Waals surface area contributed by atoms with Crippen molar-refractivity contribution in [3.8, 4) is 0 Å². The molecule has 2 aromatic rings. The highest BCUT2D eigenvalue weighted by Gasteiger charge is 2.15. The summed E-state index contributed by atoms with van der Waals surface area (Å²) in [7, 11) is 3.24. The van der Waals surface area contributed by atoms with E-state index in [1.807, 2.05) is 10.8 Å². The van der Waals surface area contributed by atoms with Crippen molar-refractivity contribution in [1.29, 1.82) is 0 Å². The Kier molecular flexibility index (Phi) is 3.25. The van der Waals surface area contributed by atoms with Crippen molar-refractivity contribution >= 4 is 11.0 Å². The van der Waals surface area contributed by atoms with Crippen molar-refractivity contribution in [3.63, 3.8) is 0 Å². The molecule has 1 saturated heterocycles. The summed E-state index contributed by atoms with van der Waals surface area (Å²) in [6.45, 7) is 2.90. The van der Waals surface area contributed by atoms with Crippen LogP contribution in [0, 0.1) is 0 Å². The lowest BCUT2D eigenvalue weighted by molar-refractivity contribution is 0.184. The van der Waals surface area contributed by atoms with Crippen LogP contribution in [0.15, 0.2) is 21.9 Å². The molecule has 0 radical (unpaired) electrons. The molecular formula is C14H20N4O2. The van der Waals surface area contributed by atoms with Crippen molar-refractivity contribution < 1.29 is 0 Å². The number of aryl methyl sites for hydroxylation is 1. The van der Waals surface area contributed by atoms with E-state index in [0.717, 1.165) is 24.3 Å². The van der Waals surface area contributed by atoms with Crippen LogP contribution >= 0.6 is 0 Å². The van der Waals surface area contributed by atoms with Crippen LogP contribution in [0.5, 0.6) is 0 Å². The van der Waals surface area contributed by atoms with E-state index in [1.54, 1.807) is 17.7 Å². The summed E-state index contributed by atoms with van der Waals surface area (Å²) in [5.74, 6) is 0. The Balaban J connectivity index is 2.09. The number of aromatic nitrogens is 3. The number of likely N-dealkylation sites (tertiary alicyclic amines) is 1. The largest absolute Gasteiger partial charge is 0.332 e.